The zero-order valence-electron chi connectivity index (χ0n) is 11.4. The fraction of sp³-hybridized carbons (Fsp3) is 0.500. The molecule has 0 unspecified atom stereocenters. The van der Waals surface area contributed by atoms with Gasteiger partial charge in [-0.3, -0.25) is 9.59 Å². The summed E-state index contributed by atoms with van der Waals surface area (Å²) in [5, 5.41) is 15.2. The zero-order valence-corrected chi connectivity index (χ0v) is 11.4. The predicted molar refractivity (Wildman–Crippen MR) is 68.1 cm³/mol. The van der Waals surface area contributed by atoms with E-state index in [9.17, 15) is 14.4 Å². The molecule has 0 bridgehead atoms. The molecule has 0 aliphatic heterocycles. The van der Waals surface area contributed by atoms with E-state index in [0.717, 1.165) is 4.68 Å². The van der Waals surface area contributed by atoms with Crippen LogP contribution in [0.25, 0.3) is 0 Å². The monoisotopic (exact) mass is 267 g/mol. The van der Waals surface area contributed by atoms with Gasteiger partial charge in [-0.2, -0.15) is 5.10 Å². The van der Waals surface area contributed by atoms with E-state index in [1.165, 1.54) is 7.05 Å². The van der Waals surface area contributed by atoms with Gasteiger partial charge in [0.1, 0.15) is 11.6 Å². The fourth-order valence-corrected chi connectivity index (χ4v) is 1.68. The van der Waals surface area contributed by atoms with Crippen molar-refractivity contribution in [2.75, 3.05) is 0 Å². The predicted octanol–water partition coefficient (Wildman–Crippen LogP) is -0.00986. The first-order chi connectivity index (χ1) is 8.79. The van der Waals surface area contributed by atoms with Crippen molar-refractivity contribution >= 4 is 11.9 Å². The summed E-state index contributed by atoms with van der Waals surface area (Å²) in [6.07, 6.45) is 0.241. The Labute approximate surface area is 110 Å². The van der Waals surface area contributed by atoms with E-state index in [4.69, 9.17) is 5.11 Å². The van der Waals surface area contributed by atoms with E-state index in [0.29, 0.717) is 11.3 Å². The van der Waals surface area contributed by atoms with Crippen molar-refractivity contribution in [2.45, 2.75) is 33.2 Å². The summed E-state index contributed by atoms with van der Waals surface area (Å²) in [5.74, 6) is -1.81. The highest BCUT2D eigenvalue weighted by Crippen LogP contribution is 2.06. The van der Waals surface area contributed by atoms with E-state index in [1.807, 2.05) is 0 Å². The Balaban J connectivity index is 3.21. The van der Waals surface area contributed by atoms with Crippen LogP contribution >= 0.6 is 0 Å². The summed E-state index contributed by atoms with van der Waals surface area (Å²) in [4.78, 5) is 34.9. The molecule has 0 radical (unpaired) electrons. The van der Waals surface area contributed by atoms with E-state index < -0.39 is 23.5 Å². The number of hydrogen-bond acceptors (Lipinski definition) is 4. The number of carboxylic acid groups (broad SMARTS) is 1. The second kappa shape index (κ2) is 5.64. The molecule has 2 N–H and O–H groups in total. The Morgan fingerprint density at radius 1 is 1.42 bits per heavy atom. The number of carbonyl (C=O) groups is 2. The molecule has 0 saturated carbocycles. The zero-order chi connectivity index (χ0) is 14.7. The highest BCUT2D eigenvalue weighted by Gasteiger charge is 2.23. The van der Waals surface area contributed by atoms with Crippen LogP contribution in [-0.4, -0.2) is 32.8 Å². The number of nitrogens with one attached hydrogen (secondary N) is 1. The van der Waals surface area contributed by atoms with Crippen molar-refractivity contribution in [3.8, 4) is 0 Å². The van der Waals surface area contributed by atoms with Gasteiger partial charge >= 0.3 is 5.97 Å². The molecule has 104 valence electrons. The minimum absolute atomic E-state index is 0.0605. The lowest BCUT2D eigenvalue weighted by Crippen LogP contribution is -2.43. The van der Waals surface area contributed by atoms with Crippen LogP contribution in [0.15, 0.2) is 4.79 Å². The van der Waals surface area contributed by atoms with E-state index in [1.54, 1.807) is 20.8 Å². The molecule has 1 rings (SSSR count). The van der Waals surface area contributed by atoms with Crippen LogP contribution in [0.3, 0.4) is 0 Å². The minimum Gasteiger partial charge on any atom is -0.480 e. The molecule has 1 amide bonds. The molecular formula is C12H17N3O4. The summed E-state index contributed by atoms with van der Waals surface area (Å²) >= 11 is 0. The smallest absolute Gasteiger partial charge is 0.326 e. The minimum atomic E-state index is -1.13. The lowest BCUT2D eigenvalue weighted by atomic mass is 10.1. The Kier molecular flexibility index (Phi) is 4.42. The number of carbonyl (C=O) groups excluding carboxylic acids is 1. The van der Waals surface area contributed by atoms with Gasteiger partial charge < -0.3 is 10.4 Å². The Bertz CT molecular complexity index is 577. The normalized spacial score (nSPS) is 12.0. The molecule has 1 aromatic heterocycles. The van der Waals surface area contributed by atoms with Gasteiger partial charge in [0.25, 0.3) is 11.5 Å². The maximum absolute atomic E-state index is 12.0. The number of hydrogen-bond donors (Lipinski definition) is 2. The molecule has 1 heterocycles. The third-order valence-corrected chi connectivity index (χ3v) is 2.96. The number of nitrogens with zero attached hydrogens (tertiary/aromatic N) is 2. The molecule has 0 aliphatic carbocycles. The van der Waals surface area contributed by atoms with Crippen molar-refractivity contribution in [1.29, 1.82) is 0 Å². The van der Waals surface area contributed by atoms with Gasteiger partial charge in [-0.15, -0.1) is 0 Å². The van der Waals surface area contributed by atoms with E-state index >= 15 is 0 Å². The van der Waals surface area contributed by atoms with Crippen LogP contribution in [0.1, 0.15) is 35.0 Å². The average Bonchev–Trinajstić information content (AvgIpc) is 2.33. The molecule has 0 aliphatic rings. The maximum atomic E-state index is 12.0. The lowest BCUT2D eigenvalue weighted by molar-refractivity contribution is -0.139. The van der Waals surface area contributed by atoms with Crippen LogP contribution in [0, 0.1) is 13.8 Å². The second-order valence-corrected chi connectivity index (χ2v) is 4.29. The van der Waals surface area contributed by atoms with E-state index in [2.05, 4.69) is 10.4 Å². The summed E-state index contributed by atoms with van der Waals surface area (Å²) in [5.41, 5.74) is 0.409. The highest BCUT2D eigenvalue weighted by molar-refractivity contribution is 5.97. The van der Waals surface area contributed by atoms with Crippen LogP contribution in [0.2, 0.25) is 0 Å². The molecule has 7 heteroatoms. The standard InChI is InChI=1S/C12H17N3O4/c1-5-8(12(18)19)13-10(16)9-6(2)7(3)14-15(4)11(9)17/h8H,5H2,1-4H3,(H,13,16)(H,18,19)/t8-/m1/s1. The number of carboxylic acids is 1. The van der Waals surface area contributed by atoms with Gasteiger partial charge in [-0.05, 0) is 25.8 Å². The molecule has 7 nitrogen and oxygen atoms in total. The third-order valence-electron chi connectivity index (χ3n) is 2.96. The molecular weight excluding hydrogens is 250 g/mol. The van der Waals surface area contributed by atoms with Gasteiger partial charge in [0.05, 0.1) is 5.69 Å². The lowest BCUT2D eigenvalue weighted by Gasteiger charge is -2.14. The molecule has 0 saturated heterocycles. The van der Waals surface area contributed by atoms with Crippen LogP contribution in [0.5, 0.6) is 0 Å². The Morgan fingerprint density at radius 2 is 2.00 bits per heavy atom. The maximum Gasteiger partial charge on any atom is 0.326 e. The third kappa shape index (κ3) is 2.98. The molecule has 0 fully saturated rings. The van der Waals surface area contributed by atoms with Crippen molar-refractivity contribution in [2.24, 2.45) is 7.05 Å². The fourth-order valence-electron chi connectivity index (χ4n) is 1.68. The topological polar surface area (TPSA) is 101 Å². The first kappa shape index (κ1) is 14.9. The van der Waals surface area contributed by atoms with Crippen molar-refractivity contribution in [1.82, 2.24) is 15.1 Å². The van der Waals surface area contributed by atoms with Crippen LogP contribution in [-0.2, 0) is 11.8 Å². The average molecular weight is 267 g/mol. The molecule has 1 aromatic rings. The van der Waals surface area contributed by atoms with E-state index in [-0.39, 0.29) is 12.0 Å². The molecule has 0 aromatic carbocycles. The van der Waals surface area contributed by atoms with Gasteiger partial charge in [0, 0.05) is 7.05 Å². The van der Waals surface area contributed by atoms with Crippen molar-refractivity contribution < 1.29 is 14.7 Å². The molecule has 19 heavy (non-hydrogen) atoms. The summed E-state index contributed by atoms with van der Waals surface area (Å²) < 4.78 is 1.07. The van der Waals surface area contributed by atoms with Gasteiger partial charge in [0.15, 0.2) is 0 Å². The number of aromatic nitrogens is 2. The summed E-state index contributed by atoms with van der Waals surface area (Å²) in [6, 6.07) is -1.01. The van der Waals surface area contributed by atoms with Crippen molar-refractivity contribution in [3.63, 3.8) is 0 Å². The number of amides is 1. The highest BCUT2D eigenvalue weighted by atomic mass is 16.4. The van der Waals surface area contributed by atoms with Crippen LogP contribution < -0.4 is 10.9 Å². The first-order valence-electron chi connectivity index (χ1n) is 5.87. The van der Waals surface area contributed by atoms with Gasteiger partial charge in [0.2, 0.25) is 0 Å². The SMILES string of the molecule is CC[C@@H](NC(=O)c1c(C)c(C)nn(C)c1=O)C(=O)O. The molecule has 1 atom stereocenters. The van der Waals surface area contributed by atoms with Gasteiger partial charge in [-0.25, -0.2) is 9.48 Å². The van der Waals surface area contributed by atoms with Crippen LogP contribution in [0.4, 0.5) is 0 Å². The number of rotatable bonds is 4. The summed E-state index contributed by atoms with van der Waals surface area (Å²) in [7, 11) is 1.44. The first-order valence-corrected chi connectivity index (χ1v) is 5.87. The second-order valence-electron chi connectivity index (χ2n) is 4.29. The summed E-state index contributed by atoms with van der Waals surface area (Å²) in [6.45, 7) is 4.93. The molecule has 0 spiro atoms. The van der Waals surface area contributed by atoms with Crippen molar-refractivity contribution in [3.05, 3.63) is 27.2 Å². The Morgan fingerprint density at radius 3 is 2.47 bits per heavy atom. The number of aryl methyl sites for hydroxylation is 2. The number of aliphatic carboxylic acids is 1. The quantitative estimate of drug-likeness (QED) is 0.799. The van der Waals surface area contributed by atoms with Gasteiger partial charge in [-0.1, -0.05) is 6.92 Å². The Hall–Kier alpha value is -2.18. The largest absolute Gasteiger partial charge is 0.480 e.